The van der Waals surface area contributed by atoms with E-state index < -0.39 is 0 Å². The van der Waals surface area contributed by atoms with Gasteiger partial charge in [-0.05, 0) is 47.9 Å². The highest BCUT2D eigenvalue weighted by atomic mass is 35.5. The fourth-order valence-corrected chi connectivity index (χ4v) is 3.77. The molecule has 1 fully saturated rings. The van der Waals surface area contributed by atoms with Crippen molar-refractivity contribution in [2.45, 2.75) is 40.2 Å². The molecule has 1 atom stereocenters. The van der Waals surface area contributed by atoms with Crippen LogP contribution in [0.2, 0.25) is 5.02 Å². The van der Waals surface area contributed by atoms with Crippen molar-refractivity contribution in [3.8, 4) is 0 Å². The van der Waals surface area contributed by atoms with Gasteiger partial charge in [-0.15, -0.1) is 0 Å². The highest BCUT2D eigenvalue weighted by Gasteiger charge is 2.66. The molecule has 0 aromatic heterocycles. The summed E-state index contributed by atoms with van der Waals surface area (Å²) in [7, 11) is 2.07. The second-order valence-electron chi connectivity index (χ2n) is 6.65. The molecule has 0 aliphatic heterocycles. The fraction of sp³-hybridized carbons (Fsp3) is 0.625. The van der Waals surface area contributed by atoms with Crippen molar-refractivity contribution in [1.82, 2.24) is 5.32 Å². The first kappa shape index (κ1) is 13.9. The summed E-state index contributed by atoms with van der Waals surface area (Å²) in [6, 6.07) is 8.73. The van der Waals surface area contributed by atoms with Crippen LogP contribution in [-0.2, 0) is 6.42 Å². The Morgan fingerprint density at radius 3 is 2.28 bits per heavy atom. The standard InChI is InChI=1S/C16H24ClN/c1-15(2)14(16(15,3)4)13(18-5)10-11-7-6-8-12(17)9-11/h6-9,13-14,18H,10H2,1-5H3. The van der Waals surface area contributed by atoms with Crippen LogP contribution in [0.25, 0.3) is 0 Å². The van der Waals surface area contributed by atoms with Crippen molar-refractivity contribution in [3.05, 3.63) is 34.9 Å². The molecule has 1 unspecified atom stereocenters. The maximum Gasteiger partial charge on any atom is 0.0408 e. The largest absolute Gasteiger partial charge is 0.316 e. The first-order valence-electron chi connectivity index (χ1n) is 6.72. The molecule has 0 amide bonds. The van der Waals surface area contributed by atoms with Gasteiger partial charge < -0.3 is 5.32 Å². The Morgan fingerprint density at radius 2 is 1.83 bits per heavy atom. The molecule has 1 aliphatic carbocycles. The molecule has 1 aromatic rings. The summed E-state index contributed by atoms with van der Waals surface area (Å²) in [4.78, 5) is 0. The number of hydrogen-bond acceptors (Lipinski definition) is 1. The van der Waals surface area contributed by atoms with E-state index >= 15 is 0 Å². The summed E-state index contributed by atoms with van der Waals surface area (Å²) >= 11 is 6.06. The van der Waals surface area contributed by atoms with Crippen LogP contribution < -0.4 is 5.32 Å². The van der Waals surface area contributed by atoms with Crippen molar-refractivity contribution in [2.24, 2.45) is 16.7 Å². The summed E-state index contributed by atoms with van der Waals surface area (Å²) in [5.41, 5.74) is 2.15. The summed E-state index contributed by atoms with van der Waals surface area (Å²) in [6.45, 7) is 9.50. The molecule has 1 saturated carbocycles. The Kier molecular flexibility index (Phi) is 3.50. The van der Waals surface area contributed by atoms with Gasteiger partial charge >= 0.3 is 0 Å². The monoisotopic (exact) mass is 265 g/mol. The Labute approximate surface area is 116 Å². The van der Waals surface area contributed by atoms with Gasteiger partial charge in [0.25, 0.3) is 0 Å². The molecular formula is C16H24ClN. The molecule has 100 valence electrons. The van der Waals surface area contributed by atoms with Gasteiger partial charge in [-0.3, -0.25) is 0 Å². The van der Waals surface area contributed by atoms with Crippen molar-refractivity contribution in [2.75, 3.05) is 7.05 Å². The zero-order valence-electron chi connectivity index (χ0n) is 12.0. The predicted molar refractivity (Wildman–Crippen MR) is 79.1 cm³/mol. The molecule has 1 aromatic carbocycles. The normalized spacial score (nSPS) is 22.8. The molecule has 0 heterocycles. The van der Waals surface area contributed by atoms with Gasteiger partial charge in [0.1, 0.15) is 0 Å². The van der Waals surface area contributed by atoms with E-state index in [0.29, 0.717) is 22.8 Å². The van der Waals surface area contributed by atoms with Crippen LogP contribution in [0, 0.1) is 16.7 Å². The zero-order valence-corrected chi connectivity index (χ0v) is 12.8. The number of nitrogens with one attached hydrogen (secondary N) is 1. The van der Waals surface area contributed by atoms with Crippen molar-refractivity contribution in [3.63, 3.8) is 0 Å². The van der Waals surface area contributed by atoms with Crippen molar-refractivity contribution < 1.29 is 0 Å². The van der Waals surface area contributed by atoms with E-state index in [4.69, 9.17) is 11.6 Å². The third-order valence-electron chi connectivity index (χ3n) is 5.25. The van der Waals surface area contributed by atoms with Crippen LogP contribution in [0.1, 0.15) is 33.3 Å². The molecule has 2 rings (SSSR count). The molecule has 0 bridgehead atoms. The van der Waals surface area contributed by atoms with E-state index in [1.807, 2.05) is 12.1 Å². The quantitative estimate of drug-likeness (QED) is 0.862. The Hall–Kier alpha value is -0.530. The molecule has 1 N–H and O–H groups in total. The molecule has 0 spiro atoms. The second-order valence-corrected chi connectivity index (χ2v) is 7.09. The smallest absolute Gasteiger partial charge is 0.0408 e. The first-order chi connectivity index (χ1) is 8.30. The van der Waals surface area contributed by atoms with Gasteiger partial charge in [0, 0.05) is 11.1 Å². The maximum atomic E-state index is 6.06. The minimum atomic E-state index is 0.416. The lowest BCUT2D eigenvalue weighted by Gasteiger charge is -2.19. The second kappa shape index (κ2) is 4.54. The highest BCUT2D eigenvalue weighted by Crippen LogP contribution is 2.69. The average Bonchev–Trinajstić information content (AvgIpc) is 2.67. The van der Waals surface area contributed by atoms with Crippen LogP contribution in [0.5, 0.6) is 0 Å². The van der Waals surface area contributed by atoms with Crippen LogP contribution >= 0.6 is 11.6 Å². The third kappa shape index (κ3) is 2.19. The van der Waals surface area contributed by atoms with Crippen molar-refractivity contribution in [1.29, 1.82) is 0 Å². The maximum absolute atomic E-state index is 6.06. The number of hydrogen-bond donors (Lipinski definition) is 1. The molecule has 1 aliphatic rings. The Morgan fingerprint density at radius 1 is 1.22 bits per heavy atom. The number of rotatable bonds is 4. The van der Waals surface area contributed by atoms with Crippen LogP contribution in [0.4, 0.5) is 0 Å². The molecule has 2 heteroatoms. The summed E-state index contributed by atoms with van der Waals surface area (Å²) < 4.78 is 0. The van der Waals surface area contributed by atoms with E-state index in [1.165, 1.54) is 5.56 Å². The van der Waals surface area contributed by atoms with Gasteiger partial charge in [-0.1, -0.05) is 51.4 Å². The summed E-state index contributed by atoms with van der Waals surface area (Å²) in [5, 5.41) is 4.33. The zero-order chi connectivity index (χ0) is 13.6. The lowest BCUT2D eigenvalue weighted by atomic mass is 9.97. The van der Waals surface area contributed by atoms with E-state index in [1.54, 1.807) is 0 Å². The van der Waals surface area contributed by atoms with Gasteiger partial charge in [-0.25, -0.2) is 0 Å². The van der Waals surface area contributed by atoms with Crippen LogP contribution in [-0.4, -0.2) is 13.1 Å². The van der Waals surface area contributed by atoms with Crippen molar-refractivity contribution >= 4 is 11.6 Å². The topological polar surface area (TPSA) is 12.0 Å². The van der Waals surface area contributed by atoms with Crippen LogP contribution in [0.15, 0.2) is 24.3 Å². The first-order valence-corrected chi connectivity index (χ1v) is 7.10. The van der Waals surface area contributed by atoms with Gasteiger partial charge in [0.2, 0.25) is 0 Å². The van der Waals surface area contributed by atoms with Gasteiger partial charge in [-0.2, -0.15) is 0 Å². The van der Waals surface area contributed by atoms with Gasteiger partial charge in [0.05, 0.1) is 0 Å². The molecule has 0 radical (unpaired) electrons. The SMILES string of the molecule is CNC(Cc1cccc(Cl)c1)C1C(C)(C)C1(C)C. The van der Waals surface area contributed by atoms with E-state index in [0.717, 1.165) is 11.4 Å². The Balaban J connectivity index is 2.13. The number of halogens is 1. The predicted octanol–water partition coefficient (Wildman–Crippen LogP) is 4.15. The molecule has 18 heavy (non-hydrogen) atoms. The summed E-state index contributed by atoms with van der Waals surface area (Å²) in [5.74, 6) is 0.717. The number of benzene rings is 1. The Bertz CT molecular complexity index is 422. The van der Waals surface area contributed by atoms with E-state index in [-0.39, 0.29) is 0 Å². The highest BCUT2D eigenvalue weighted by molar-refractivity contribution is 6.30. The molecule has 1 nitrogen and oxygen atoms in total. The average molecular weight is 266 g/mol. The van der Waals surface area contributed by atoms with Gasteiger partial charge in [0.15, 0.2) is 0 Å². The fourth-order valence-electron chi connectivity index (χ4n) is 3.56. The summed E-state index contributed by atoms with van der Waals surface area (Å²) in [6.07, 6.45) is 1.05. The minimum Gasteiger partial charge on any atom is -0.316 e. The molecular weight excluding hydrogens is 242 g/mol. The third-order valence-corrected chi connectivity index (χ3v) is 5.49. The van der Waals surface area contributed by atoms with E-state index in [9.17, 15) is 0 Å². The van der Waals surface area contributed by atoms with E-state index in [2.05, 4.69) is 52.2 Å². The lowest BCUT2D eigenvalue weighted by Crippen LogP contribution is -2.32. The lowest BCUT2D eigenvalue weighted by molar-refractivity contribution is 0.421. The van der Waals surface area contributed by atoms with Crippen LogP contribution in [0.3, 0.4) is 0 Å². The molecule has 0 saturated heterocycles. The minimum absolute atomic E-state index is 0.416. The number of likely N-dealkylation sites (N-methyl/N-ethyl adjacent to an activating group) is 1.